The molecule has 0 saturated carbocycles. The summed E-state index contributed by atoms with van der Waals surface area (Å²) in [5, 5.41) is 3.02. The molecule has 1 heterocycles. The third kappa shape index (κ3) is 7.40. The number of benzene rings is 1. The molecule has 2 rings (SSSR count). The molecular weight excluding hydrogens is 388 g/mol. The van der Waals surface area contributed by atoms with Crippen LogP contribution in [0.3, 0.4) is 0 Å². The summed E-state index contributed by atoms with van der Waals surface area (Å²) < 4.78 is 21.5. The lowest BCUT2D eigenvalue weighted by Crippen LogP contribution is -2.50. The Morgan fingerprint density at radius 2 is 1.93 bits per heavy atom. The lowest BCUT2D eigenvalue weighted by atomic mass is 10.1. The topological polar surface area (TPSA) is 86.3 Å². The average molecular weight is 423 g/mol. The minimum absolute atomic E-state index is 0.132. The van der Waals surface area contributed by atoms with Gasteiger partial charge in [0.25, 0.3) is 5.91 Å². The smallest absolute Gasteiger partial charge is 0.410 e. The zero-order chi connectivity index (χ0) is 22.1. The second kappa shape index (κ2) is 11.1. The third-order valence-corrected chi connectivity index (χ3v) is 4.58. The molecule has 1 aliphatic heterocycles. The highest BCUT2D eigenvalue weighted by Crippen LogP contribution is 2.28. The fraction of sp³-hybridized carbons (Fsp3) is 0.636. The van der Waals surface area contributed by atoms with Crippen LogP contribution in [0.1, 0.15) is 50.4 Å². The van der Waals surface area contributed by atoms with E-state index < -0.39 is 5.60 Å². The van der Waals surface area contributed by atoms with Crippen LogP contribution >= 0.6 is 0 Å². The maximum absolute atomic E-state index is 12.8. The second-order valence-corrected chi connectivity index (χ2v) is 8.30. The predicted molar refractivity (Wildman–Crippen MR) is 113 cm³/mol. The SMILES string of the molecule is COCCCOc1cc(C(=O)N[C@@H]2CCCN(C(=O)OC(C)(C)C)C2)ccc1OC. The Bertz CT molecular complexity index is 716. The summed E-state index contributed by atoms with van der Waals surface area (Å²) in [6.45, 7) is 7.63. The van der Waals surface area contributed by atoms with E-state index in [2.05, 4.69) is 5.32 Å². The number of nitrogens with zero attached hydrogens (tertiary/aromatic N) is 1. The minimum Gasteiger partial charge on any atom is -0.493 e. The van der Waals surface area contributed by atoms with Gasteiger partial charge in [-0.15, -0.1) is 0 Å². The number of piperidine rings is 1. The molecule has 1 aromatic carbocycles. The summed E-state index contributed by atoms with van der Waals surface area (Å²) in [6, 6.07) is 4.96. The first-order valence-electron chi connectivity index (χ1n) is 10.3. The van der Waals surface area contributed by atoms with Crippen molar-refractivity contribution >= 4 is 12.0 Å². The molecule has 2 amide bonds. The minimum atomic E-state index is -0.546. The second-order valence-electron chi connectivity index (χ2n) is 8.30. The molecule has 0 spiro atoms. The average Bonchev–Trinajstić information content (AvgIpc) is 2.70. The van der Waals surface area contributed by atoms with Crippen molar-refractivity contribution in [1.82, 2.24) is 10.2 Å². The Morgan fingerprint density at radius 3 is 2.60 bits per heavy atom. The van der Waals surface area contributed by atoms with Crippen LogP contribution in [0.25, 0.3) is 0 Å². The summed E-state index contributed by atoms with van der Waals surface area (Å²) in [7, 11) is 3.20. The number of hydrogen-bond acceptors (Lipinski definition) is 6. The van der Waals surface area contributed by atoms with Crippen LogP contribution in [0.4, 0.5) is 4.79 Å². The number of ether oxygens (including phenoxy) is 4. The van der Waals surface area contributed by atoms with Gasteiger partial charge in [-0.1, -0.05) is 0 Å². The first-order valence-corrected chi connectivity index (χ1v) is 10.3. The highest BCUT2D eigenvalue weighted by atomic mass is 16.6. The van der Waals surface area contributed by atoms with Crippen molar-refractivity contribution < 1.29 is 28.5 Å². The van der Waals surface area contributed by atoms with Crippen LogP contribution in [0.15, 0.2) is 18.2 Å². The van der Waals surface area contributed by atoms with E-state index in [9.17, 15) is 9.59 Å². The number of carbonyl (C=O) groups is 2. The molecule has 8 nitrogen and oxygen atoms in total. The van der Waals surface area contributed by atoms with Gasteiger partial charge in [0.15, 0.2) is 11.5 Å². The molecule has 30 heavy (non-hydrogen) atoms. The molecule has 1 atom stereocenters. The molecule has 0 unspecified atom stereocenters. The van der Waals surface area contributed by atoms with E-state index in [1.165, 1.54) is 0 Å². The normalized spacial score (nSPS) is 16.7. The number of rotatable bonds is 8. The van der Waals surface area contributed by atoms with Crippen molar-refractivity contribution in [2.24, 2.45) is 0 Å². The van der Waals surface area contributed by atoms with E-state index in [0.717, 1.165) is 19.3 Å². The van der Waals surface area contributed by atoms with Crippen molar-refractivity contribution in [3.8, 4) is 11.5 Å². The number of methoxy groups -OCH3 is 2. The molecule has 1 saturated heterocycles. The van der Waals surface area contributed by atoms with Gasteiger partial charge < -0.3 is 29.2 Å². The summed E-state index contributed by atoms with van der Waals surface area (Å²) in [5.41, 5.74) is -0.0670. The van der Waals surface area contributed by atoms with Crippen molar-refractivity contribution in [2.75, 3.05) is 40.5 Å². The maximum atomic E-state index is 12.8. The van der Waals surface area contributed by atoms with Crippen molar-refractivity contribution in [1.29, 1.82) is 0 Å². The number of likely N-dealkylation sites (tertiary alicyclic amines) is 1. The zero-order valence-electron chi connectivity index (χ0n) is 18.7. The van der Waals surface area contributed by atoms with Crippen LogP contribution in [0.2, 0.25) is 0 Å². The van der Waals surface area contributed by atoms with Gasteiger partial charge in [-0.25, -0.2) is 4.79 Å². The number of hydrogen-bond donors (Lipinski definition) is 1. The molecule has 1 fully saturated rings. The number of nitrogens with one attached hydrogen (secondary N) is 1. The quantitative estimate of drug-likeness (QED) is 0.648. The monoisotopic (exact) mass is 422 g/mol. The van der Waals surface area contributed by atoms with Crippen LogP contribution in [-0.4, -0.2) is 69.1 Å². The van der Waals surface area contributed by atoms with Gasteiger partial charge in [0, 0.05) is 44.8 Å². The summed E-state index contributed by atoms with van der Waals surface area (Å²) in [6.07, 6.45) is 2.00. The summed E-state index contributed by atoms with van der Waals surface area (Å²) in [5.74, 6) is 0.869. The Morgan fingerprint density at radius 1 is 1.17 bits per heavy atom. The summed E-state index contributed by atoms with van der Waals surface area (Å²) in [4.78, 5) is 26.8. The van der Waals surface area contributed by atoms with Gasteiger partial charge >= 0.3 is 6.09 Å². The Labute approximate surface area is 178 Å². The molecular formula is C22H34N2O6. The van der Waals surface area contributed by atoms with Gasteiger partial charge in [0.2, 0.25) is 0 Å². The van der Waals surface area contributed by atoms with Crippen LogP contribution in [0.5, 0.6) is 11.5 Å². The van der Waals surface area contributed by atoms with Crippen LogP contribution in [0, 0.1) is 0 Å². The van der Waals surface area contributed by atoms with Gasteiger partial charge in [0.05, 0.1) is 13.7 Å². The number of carbonyl (C=O) groups excluding carboxylic acids is 2. The fourth-order valence-electron chi connectivity index (χ4n) is 3.17. The highest BCUT2D eigenvalue weighted by Gasteiger charge is 2.28. The Balaban J connectivity index is 1.98. The fourth-order valence-corrected chi connectivity index (χ4v) is 3.17. The first kappa shape index (κ1) is 23.8. The Hall–Kier alpha value is -2.48. The van der Waals surface area contributed by atoms with E-state index in [0.29, 0.717) is 43.4 Å². The van der Waals surface area contributed by atoms with Crippen molar-refractivity contribution in [2.45, 2.75) is 51.7 Å². The molecule has 1 N–H and O–H groups in total. The van der Waals surface area contributed by atoms with Crippen LogP contribution < -0.4 is 14.8 Å². The van der Waals surface area contributed by atoms with Crippen LogP contribution in [-0.2, 0) is 9.47 Å². The molecule has 0 aliphatic carbocycles. The van der Waals surface area contributed by atoms with E-state index in [1.807, 2.05) is 20.8 Å². The third-order valence-electron chi connectivity index (χ3n) is 4.58. The van der Waals surface area contributed by atoms with Gasteiger partial charge in [-0.3, -0.25) is 4.79 Å². The van der Waals surface area contributed by atoms with Gasteiger partial charge in [-0.2, -0.15) is 0 Å². The largest absolute Gasteiger partial charge is 0.493 e. The molecule has 168 valence electrons. The maximum Gasteiger partial charge on any atom is 0.410 e. The molecule has 0 bridgehead atoms. The first-order chi connectivity index (χ1) is 14.2. The summed E-state index contributed by atoms with van der Waals surface area (Å²) >= 11 is 0. The Kier molecular flexibility index (Phi) is 8.77. The molecule has 1 aliphatic rings. The highest BCUT2D eigenvalue weighted by molar-refractivity contribution is 5.95. The van der Waals surface area contributed by atoms with Crippen molar-refractivity contribution in [3.63, 3.8) is 0 Å². The van der Waals surface area contributed by atoms with Gasteiger partial charge in [0.1, 0.15) is 5.60 Å². The van der Waals surface area contributed by atoms with E-state index in [4.69, 9.17) is 18.9 Å². The standard InChI is InChI=1S/C22H34N2O6/c1-22(2,3)30-21(26)24-11-6-8-17(15-24)23-20(25)16-9-10-18(28-5)19(14-16)29-13-7-12-27-4/h9-10,14,17H,6-8,11-13,15H2,1-5H3,(H,23,25)/t17-/m1/s1. The molecule has 1 aromatic rings. The van der Waals surface area contributed by atoms with E-state index in [1.54, 1.807) is 37.3 Å². The molecule has 0 aromatic heterocycles. The van der Waals surface area contributed by atoms with Crippen molar-refractivity contribution in [3.05, 3.63) is 23.8 Å². The molecule has 8 heteroatoms. The lowest BCUT2D eigenvalue weighted by Gasteiger charge is -2.34. The lowest BCUT2D eigenvalue weighted by molar-refractivity contribution is 0.0185. The number of amides is 2. The molecule has 0 radical (unpaired) electrons. The van der Waals surface area contributed by atoms with E-state index in [-0.39, 0.29) is 18.0 Å². The van der Waals surface area contributed by atoms with E-state index >= 15 is 0 Å². The zero-order valence-corrected chi connectivity index (χ0v) is 18.7. The predicted octanol–water partition coefficient (Wildman–Crippen LogP) is 3.24. The van der Waals surface area contributed by atoms with Gasteiger partial charge in [-0.05, 0) is 51.8 Å².